The van der Waals surface area contributed by atoms with E-state index in [1.54, 1.807) is 24.3 Å². The molecule has 1 saturated heterocycles. The molecule has 2 aliphatic rings. The van der Waals surface area contributed by atoms with Crippen LogP contribution in [0.1, 0.15) is 35.8 Å². The molecule has 1 aromatic heterocycles. The number of halogens is 1. The molecular weight excluding hydrogens is 585 g/mol. The number of nitro benzene ring substituents is 1. The maximum absolute atomic E-state index is 15.2. The van der Waals surface area contributed by atoms with E-state index < -0.39 is 22.8 Å². The number of esters is 1. The van der Waals surface area contributed by atoms with Gasteiger partial charge in [-0.2, -0.15) is 0 Å². The van der Waals surface area contributed by atoms with Gasteiger partial charge >= 0.3 is 5.97 Å². The molecule has 0 radical (unpaired) electrons. The number of carbonyl (C=O) groups excluding carboxylic acids is 1. The van der Waals surface area contributed by atoms with Crippen molar-refractivity contribution in [3.63, 3.8) is 0 Å². The van der Waals surface area contributed by atoms with E-state index in [0.717, 1.165) is 26.2 Å². The zero-order chi connectivity index (χ0) is 30.6. The molecule has 6 rings (SSSR count). The smallest absolute Gasteiger partial charge is 0.305 e. The lowest BCUT2D eigenvalue weighted by atomic mass is 9.99. The minimum atomic E-state index is -0.688. The molecule has 0 aliphatic carbocycles. The van der Waals surface area contributed by atoms with Crippen molar-refractivity contribution in [3.05, 3.63) is 106 Å². The predicted molar refractivity (Wildman–Crippen MR) is 165 cm³/mol. The SMILES string of the molecule is COC(=O)CC[C@@H]1N=C(c2ccccc2F)c2cc([N+](=O)[O-])ccc2-n2c(SCN3CCN(c4ccccc4)CC3)nnc21. The van der Waals surface area contributed by atoms with Crippen molar-refractivity contribution in [2.75, 3.05) is 44.1 Å². The van der Waals surface area contributed by atoms with E-state index in [4.69, 9.17) is 9.73 Å². The fourth-order valence-electron chi connectivity index (χ4n) is 5.46. The van der Waals surface area contributed by atoms with Crippen molar-refractivity contribution < 1.29 is 18.8 Å². The van der Waals surface area contributed by atoms with Crippen LogP contribution < -0.4 is 4.90 Å². The standard InChI is InChI=1S/C31H30FN7O4S/c1-43-28(40)14-12-26-30-34-35-31(44-20-36-15-17-37(18-16-36)21-7-3-2-4-8-21)38(30)27-13-11-22(39(41)42)19-24(27)29(33-26)23-9-5-6-10-25(23)32/h2-11,13,19,26H,12,14-18,20H2,1H3/t26-/m0/s1. The molecule has 4 aromatic rings. The molecule has 13 heteroatoms. The van der Waals surface area contributed by atoms with Crippen molar-refractivity contribution in [2.45, 2.75) is 24.0 Å². The maximum atomic E-state index is 15.2. The molecule has 0 spiro atoms. The second kappa shape index (κ2) is 12.9. The molecule has 3 heterocycles. The van der Waals surface area contributed by atoms with Crippen LogP contribution in [0, 0.1) is 15.9 Å². The summed E-state index contributed by atoms with van der Waals surface area (Å²) >= 11 is 1.51. The number of rotatable bonds is 9. The van der Waals surface area contributed by atoms with Gasteiger partial charge in [-0.25, -0.2) is 4.39 Å². The van der Waals surface area contributed by atoms with Crippen LogP contribution in [0.2, 0.25) is 0 Å². The van der Waals surface area contributed by atoms with E-state index >= 15 is 4.39 Å². The lowest BCUT2D eigenvalue weighted by Gasteiger charge is -2.35. The third kappa shape index (κ3) is 6.06. The number of ether oxygens (including phenoxy) is 1. The van der Waals surface area contributed by atoms with Crippen LogP contribution in [-0.4, -0.2) is 75.4 Å². The quantitative estimate of drug-likeness (QED) is 0.111. The van der Waals surface area contributed by atoms with Crippen LogP contribution in [0.25, 0.3) is 5.69 Å². The largest absolute Gasteiger partial charge is 0.469 e. The topological polar surface area (TPSA) is 119 Å². The summed E-state index contributed by atoms with van der Waals surface area (Å²) in [4.78, 5) is 33.0. The van der Waals surface area contributed by atoms with Crippen molar-refractivity contribution in [3.8, 4) is 5.69 Å². The highest BCUT2D eigenvalue weighted by Crippen LogP contribution is 2.37. The fourth-order valence-corrected chi connectivity index (χ4v) is 6.44. The van der Waals surface area contributed by atoms with Gasteiger partial charge < -0.3 is 9.64 Å². The van der Waals surface area contributed by atoms with Crippen molar-refractivity contribution in [1.82, 2.24) is 19.7 Å². The summed E-state index contributed by atoms with van der Waals surface area (Å²) in [5.41, 5.74) is 2.42. The van der Waals surface area contributed by atoms with E-state index in [-0.39, 0.29) is 29.8 Å². The highest BCUT2D eigenvalue weighted by Gasteiger charge is 2.32. The second-order valence-corrected chi connectivity index (χ2v) is 11.3. The molecule has 44 heavy (non-hydrogen) atoms. The molecule has 1 fully saturated rings. The number of carbonyl (C=O) groups is 1. The van der Waals surface area contributed by atoms with E-state index in [1.165, 1.54) is 42.8 Å². The van der Waals surface area contributed by atoms with Crippen LogP contribution in [0.4, 0.5) is 15.8 Å². The van der Waals surface area contributed by atoms with Crippen molar-refractivity contribution in [1.29, 1.82) is 0 Å². The Labute approximate surface area is 257 Å². The number of anilines is 1. The number of piperazine rings is 1. The number of hydrogen-bond donors (Lipinski definition) is 0. The first-order valence-electron chi connectivity index (χ1n) is 14.2. The van der Waals surface area contributed by atoms with Crippen molar-refractivity contribution in [2.24, 2.45) is 4.99 Å². The maximum Gasteiger partial charge on any atom is 0.305 e. The number of fused-ring (bicyclic) bond motifs is 3. The second-order valence-electron chi connectivity index (χ2n) is 10.4. The molecule has 2 aliphatic heterocycles. The number of methoxy groups -OCH3 is 1. The normalized spacial score (nSPS) is 16.5. The summed E-state index contributed by atoms with van der Waals surface area (Å²) in [6.07, 6.45) is 0.275. The molecule has 0 unspecified atom stereocenters. The number of non-ortho nitro benzene ring substituents is 1. The molecular formula is C31H30FN7O4S. The van der Waals surface area contributed by atoms with Gasteiger partial charge in [0.05, 0.1) is 29.3 Å². The summed E-state index contributed by atoms with van der Waals surface area (Å²) in [7, 11) is 1.31. The molecule has 226 valence electrons. The third-order valence-corrected chi connectivity index (χ3v) is 8.79. The Kier molecular flexibility index (Phi) is 8.66. The van der Waals surface area contributed by atoms with Gasteiger partial charge in [-0.3, -0.25) is 29.4 Å². The first-order valence-corrected chi connectivity index (χ1v) is 15.2. The Morgan fingerprint density at radius 2 is 1.77 bits per heavy atom. The number of aromatic nitrogens is 3. The van der Waals surface area contributed by atoms with E-state index in [9.17, 15) is 14.9 Å². The number of thioether (sulfide) groups is 1. The van der Waals surface area contributed by atoms with Crippen LogP contribution in [0.5, 0.6) is 0 Å². The van der Waals surface area contributed by atoms with Gasteiger partial charge in [-0.15, -0.1) is 10.2 Å². The van der Waals surface area contributed by atoms with E-state index in [1.807, 2.05) is 22.8 Å². The summed E-state index contributed by atoms with van der Waals surface area (Å²) in [5.74, 6) is 0.182. The Bertz CT molecular complexity index is 1710. The number of nitrogens with zero attached hydrogens (tertiary/aromatic N) is 7. The zero-order valence-corrected chi connectivity index (χ0v) is 24.8. The van der Waals surface area contributed by atoms with Gasteiger partial charge in [-0.1, -0.05) is 42.1 Å². The van der Waals surface area contributed by atoms with Gasteiger partial charge in [-0.05, 0) is 36.8 Å². The van der Waals surface area contributed by atoms with Gasteiger partial charge in [0.15, 0.2) is 11.0 Å². The summed E-state index contributed by atoms with van der Waals surface area (Å²) in [5, 5.41) is 21.4. The molecule has 11 nitrogen and oxygen atoms in total. The fraction of sp³-hybridized carbons (Fsp3) is 0.290. The first-order chi connectivity index (χ1) is 21.4. The number of nitro groups is 1. The number of aliphatic imine (C=N–C) groups is 1. The summed E-state index contributed by atoms with van der Waals surface area (Å²) in [6, 6.07) is 20.3. The number of para-hydroxylation sites is 1. The Hall–Kier alpha value is -4.62. The number of hydrogen-bond acceptors (Lipinski definition) is 10. The minimum absolute atomic E-state index is 0.0484. The van der Waals surface area contributed by atoms with Gasteiger partial charge in [0.1, 0.15) is 11.9 Å². The Morgan fingerprint density at radius 3 is 2.50 bits per heavy atom. The van der Waals surface area contributed by atoms with Gasteiger partial charge in [0, 0.05) is 61.5 Å². The van der Waals surface area contributed by atoms with Crippen LogP contribution >= 0.6 is 11.8 Å². The molecule has 0 bridgehead atoms. The van der Waals surface area contributed by atoms with E-state index in [2.05, 4.69) is 32.1 Å². The molecule has 3 aromatic carbocycles. The zero-order valence-electron chi connectivity index (χ0n) is 24.0. The average Bonchev–Trinajstić information content (AvgIpc) is 3.42. The Balaban J connectivity index is 1.35. The first kappa shape index (κ1) is 29.5. The summed E-state index contributed by atoms with van der Waals surface area (Å²) < 4.78 is 21.9. The lowest BCUT2D eigenvalue weighted by Crippen LogP contribution is -2.46. The molecule has 1 atom stereocenters. The van der Waals surface area contributed by atoms with Gasteiger partial charge in [0.25, 0.3) is 5.69 Å². The van der Waals surface area contributed by atoms with Crippen molar-refractivity contribution >= 4 is 34.8 Å². The highest BCUT2D eigenvalue weighted by molar-refractivity contribution is 7.99. The highest BCUT2D eigenvalue weighted by atomic mass is 32.2. The average molecular weight is 616 g/mol. The molecule has 0 saturated carbocycles. The number of benzene rings is 3. The minimum Gasteiger partial charge on any atom is -0.469 e. The summed E-state index contributed by atoms with van der Waals surface area (Å²) in [6.45, 7) is 3.52. The van der Waals surface area contributed by atoms with Gasteiger partial charge in [0.2, 0.25) is 0 Å². The molecule has 0 N–H and O–H groups in total. The predicted octanol–water partition coefficient (Wildman–Crippen LogP) is 5.03. The molecule has 0 amide bonds. The monoisotopic (exact) mass is 615 g/mol. The van der Waals surface area contributed by atoms with Crippen LogP contribution in [0.3, 0.4) is 0 Å². The van der Waals surface area contributed by atoms with Crippen LogP contribution in [0.15, 0.2) is 82.9 Å². The van der Waals surface area contributed by atoms with Crippen LogP contribution in [-0.2, 0) is 9.53 Å². The Morgan fingerprint density at radius 1 is 1.02 bits per heavy atom. The lowest BCUT2D eigenvalue weighted by molar-refractivity contribution is -0.384. The van der Waals surface area contributed by atoms with E-state index in [0.29, 0.717) is 28.1 Å². The third-order valence-electron chi connectivity index (χ3n) is 7.78.